The number of nitrogens with zero attached hydrogens (tertiary/aromatic N) is 1. The van der Waals surface area contributed by atoms with Crippen molar-refractivity contribution in [2.45, 2.75) is 51.2 Å². The third-order valence-corrected chi connectivity index (χ3v) is 4.50. The Bertz CT molecular complexity index is 514. The molecule has 2 N–H and O–H groups in total. The third kappa shape index (κ3) is 4.75. The minimum atomic E-state index is -1.21. The van der Waals surface area contributed by atoms with Crippen LogP contribution >= 0.6 is 0 Å². The predicted octanol–water partition coefficient (Wildman–Crippen LogP) is 2.41. The van der Waals surface area contributed by atoms with Crippen LogP contribution in [0.3, 0.4) is 0 Å². The van der Waals surface area contributed by atoms with Crippen LogP contribution < -0.4 is 5.32 Å². The molecule has 1 aliphatic rings. The van der Waals surface area contributed by atoms with Crippen LogP contribution in [-0.2, 0) is 10.4 Å². The summed E-state index contributed by atoms with van der Waals surface area (Å²) < 4.78 is 13.0. The van der Waals surface area contributed by atoms with Gasteiger partial charge < -0.3 is 10.4 Å². The van der Waals surface area contributed by atoms with E-state index >= 15 is 0 Å². The van der Waals surface area contributed by atoms with Crippen molar-refractivity contribution in [3.8, 4) is 0 Å². The Morgan fingerprint density at radius 3 is 2.74 bits per heavy atom. The van der Waals surface area contributed by atoms with Gasteiger partial charge in [-0.2, -0.15) is 0 Å². The smallest absolute Gasteiger partial charge is 0.237 e. The zero-order valence-electron chi connectivity index (χ0n) is 14.0. The molecule has 0 saturated carbocycles. The minimum absolute atomic E-state index is 0.0273. The molecule has 0 spiro atoms. The number of amides is 1. The van der Waals surface area contributed by atoms with Crippen molar-refractivity contribution in [2.24, 2.45) is 0 Å². The number of carbonyl (C=O) groups is 1. The van der Waals surface area contributed by atoms with Gasteiger partial charge in [0, 0.05) is 0 Å². The Morgan fingerprint density at radius 2 is 2.09 bits per heavy atom. The summed E-state index contributed by atoms with van der Waals surface area (Å²) in [5.74, 6) is -0.369. The maximum atomic E-state index is 13.0. The number of carbonyl (C=O) groups excluding carboxylic acids is 1. The summed E-state index contributed by atoms with van der Waals surface area (Å²) >= 11 is 0. The van der Waals surface area contributed by atoms with Gasteiger partial charge in [-0.1, -0.05) is 25.5 Å². The van der Waals surface area contributed by atoms with E-state index in [2.05, 4.69) is 17.1 Å². The SMILES string of the molecule is CCCN1CCCCC1C(=O)NCC(C)(O)c1ccc(F)cc1. The molecule has 1 aromatic rings. The van der Waals surface area contributed by atoms with Gasteiger partial charge in [-0.25, -0.2) is 4.39 Å². The first-order valence-electron chi connectivity index (χ1n) is 8.44. The largest absolute Gasteiger partial charge is 0.384 e. The number of piperidine rings is 1. The first-order chi connectivity index (χ1) is 10.9. The highest BCUT2D eigenvalue weighted by atomic mass is 19.1. The Kier molecular flexibility index (Phi) is 6.13. The molecule has 2 unspecified atom stereocenters. The van der Waals surface area contributed by atoms with Crippen LogP contribution in [0, 0.1) is 5.82 Å². The molecule has 5 heteroatoms. The molecule has 1 amide bonds. The summed E-state index contributed by atoms with van der Waals surface area (Å²) in [6.07, 6.45) is 4.09. The highest BCUT2D eigenvalue weighted by molar-refractivity contribution is 5.81. The summed E-state index contributed by atoms with van der Waals surface area (Å²) in [5.41, 5.74) is -0.624. The van der Waals surface area contributed by atoms with Gasteiger partial charge in [-0.15, -0.1) is 0 Å². The number of rotatable bonds is 6. The van der Waals surface area contributed by atoms with E-state index in [1.165, 1.54) is 12.1 Å². The number of likely N-dealkylation sites (tertiary alicyclic amines) is 1. The third-order valence-electron chi connectivity index (χ3n) is 4.50. The molecule has 128 valence electrons. The lowest BCUT2D eigenvalue weighted by atomic mass is 9.95. The molecule has 1 aliphatic heterocycles. The maximum absolute atomic E-state index is 13.0. The van der Waals surface area contributed by atoms with Gasteiger partial charge in [0.25, 0.3) is 0 Å². The fraction of sp³-hybridized carbons (Fsp3) is 0.611. The molecule has 1 saturated heterocycles. The van der Waals surface area contributed by atoms with Gasteiger partial charge in [0.2, 0.25) is 5.91 Å². The summed E-state index contributed by atoms with van der Waals surface area (Å²) in [5, 5.41) is 13.4. The fourth-order valence-electron chi connectivity index (χ4n) is 3.13. The van der Waals surface area contributed by atoms with E-state index in [0.717, 1.165) is 38.8 Å². The molecule has 2 atom stereocenters. The van der Waals surface area contributed by atoms with E-state index in [-0.39, 0.29) is 24.3 Å². The highest BCUT2D eigenvalue weighted by Gasteiger charge is 2.30. The van der Waals surface area contributed by atoms with Crippen LogP contribution in [0.1, 0.15) is 45.1 Å². The van der Waals surface area contributed by atoms with Crippen molar-refractivity contribution in [3.05, 3.63) is 35.6 Å². The Hall–Kier alpha value is -1.46. The molecule has 4 nitrogen and oxygen atoms in total. The van der Waals surface area contributed by atoms with E-state index in [1.54, 1.807) is 19.1 Å². The summed E-state index contributed by atoms with van der Waals surface area (Å²) in [4.78, 5) is 14.7. The number of hydrogen-bond donors (Lipinski definition) is 2. The standard InChI is InChI=1S/C18H27FN2O2/c1-3-11-21-12-5-4-6-16(21)17(22)20-13-18(2,23)14-7-9-15(19)10-8-14/h7-10,16,23H,3-6,11-13H2,1-2H3,(H,20,22). The lowest BCUT2D eigenvalue weighted by molar-refractivity contribution is -0.128. The zero-order chi connectivity index (χ0) is 16.9. The lowest BCUT2D eigenvalue weighted by Crippen LogP contribution is -2.51. The molecule has 23 heavy (non-hydrogen) atoms. The fourth-order valence-corrected chi connectivity index (χ4v) is 3.13. The van der Waals surface area contributed by atoms with Gasteiger partial charge in [-0.3, -0.25) is 9.69 Å². The molecule has 1 fully saturated rings. The topological polar surface area (TPSA) is 52.6 Å². The van der Waals surface area contributed by atoms with E-state index in [1.807, 2.05) is 0 Å². The lowest BCUT2D eigenvalue weighted by Gasteiger charge is -2.35. The molecule has 1 heterocycles. The van der Waals surface area contributed by atoms with E-state index in [4.69, 9.17) is 0 Å². The Labute approximate surface area is 137 Å². The number of halogens is 1. The predicted molar refractivity (Wildman–Crippen MR) is 88.5 cm³/mol. The molecular weight excluding hydrogens is 295 g/mol. The first-order valence-corrected chi connectivity index (χ1v) is 8.44. The van der Waals surface area contributed by atoms with Crippen molar-refractivity contribution in [1.29, 1.82) is 0 Å². The number of hydrogen-bond acceptors (Lipinski definition) is 3. The quantitative estimate of drug-likeness (QED) is 0.846. The van der Waals surface area contributed by atoms with Crippen LogP contribution in [0.5, 0.6) is 0 Å². The normalized spacial score (nSPS) is 21.7. The van der Waals surface area contributed by atoms with Crippen molar-refractivity contribution in [3.63, 3.8) is 0 Å². The van der Waals surface area contributed by atoms with Gasteiger partial charge in [0.05, 0.1) is 12.6 Å². The van der Waals surface area contributed by atoms with Crippen molar-refractivity contribution >= 4 is 5.91 Å². The second kappa shape index (κ2) is 7.88. The van der Waals surface area contributed by atoms with Crippen molar-refractivity contribution in [2.75, 3.05) is 19.6 Å². The molecule has 0 aliphatic carbocycles. The average Bonchev–Trinajstić information content (AvgIpc) is 2.54. The second-order valence-corrected chi connectivity index (χ2v) is 6.55. The van der Waals surface area contributed by atoms with Crippen LogP contribution in [-0.4, -0.2) is 41.6 Å². The minimum Gasteiger partial charge on any atom is -0.384 e. The molecular formula is C18H27FN2O2. The summed E-state index contributed by atoms with van der Waals surface area (Å²) in [6, 6.07) is 5.62. The number of benzene rings is 1. The van der Waals surface area contributed by atoms with Crippen LogP contribution in [0.15, 0.2) is 24.3 Å². The van der Waals surface area contributed by atoms with Gasteiger partial charge in [0.15, 0.2) is 0 Å². The second-order valence-electron chi connectivity index (χ2n) is 6.55. The monoisotopic (exact) mass is 322 g/mol. The Balaban J connectivity index is 1.95. The maximum Gasteiger partial charge on any atom is 0.237 e. The molecule has 0 radical (unpaired) electrons. The van der Waals surface area contributed by atoms with Crippen LogP contribution in [0.4, 0.5) is 4.39 Å². The summed E-state index contributed by atoms with van der Waals surface area (Å²) in [6.45, 7) is 5.74. The summed E-state index contributed by atoms with van der Waals surface area (Å²) in [7, 11) is 0. The number of nitrogens with one attached hydrogen (secondary N) is 1. The average molecular weight is 322 g/mol. The molecule has 1 aromatic carbocycles. The highest BCUT2D eigenvalue weighted by Crippen LogP contribution is 2.21. The van der Waals surface area contributed by atoms with E-state index in [9.17, 15) is 14.3 Å². The van der Waals surface area contributed by atoms with Gasteiger partial charge >= 0.3 is 0 Å². The Morgan fingerprint density at radius 1 is 1.39 bits per heavy atom. The first kappa shape index (κ1) is 17.9. The van der Waals surface area contributed by atoms with Crippen molar-refractivity contribution < 1.29 is 14.3 Å². The molecule has 0 bridgehead atoms. The molecule has 2 rings (SSSR count). The van der Waals surface area contributed by atoms with Crippen LogP contribution in [0.2, 0.25) is 0 Å². The van der Waals surface area contributed by atoms with E-state index < -0.39 is 5.60 Å². The zero-order valence-corrected chi connectivity index (χ0v) is 14.0. The van der Waals surface area contributed by atoms with E-state index in [0.29, 0.717) is 5.56 Å². The van der Waals surface area contributed by atoms with Crippen molar-refractivity contribution in [1.82, 2.24) is 10.2 Å². The molecule has 0 aromatic heterocycles. The number of aliphatic hydroxyl groups is 1. The van der Waals surface area contributed by atoms with Gasteiger partial charge in [0.1, 0.15) is 11.4 Å². The van der Waals surface area contributed by atoms with Crippen LogP contribution in [0.25, 0.3) is 0 Å². The van der Waals surface area contributed by atoms with Gasteiger partial charge in [-0.05, 0) is 57.0 Å².